The van der Waals surface area contributed by atoms with Gasteiger partial charge in [-0.2, -0.15) is 5.26 Å². The molecule has 0 spiro atoms. The third kappa shape index (κ3) is 4.18. The van der Waals surface area contributed by atoms with Crippen LogP contribution < -0.4 is 5.32 Å². The van der Waals surface area contributed by atoms with E-state index >= 15 is 0 Å². The van der Waals surface area contributed by atoms with Gasteiger partial charge in [-0.15, -0.1) is 0 Å². The minimum Gasteiger partial charge on any atom is -0.469 e. The molecule has 1 aromatic heterocycles. The summed E-state index contributed by atoms with van der Waals surface area (Å²) in [5.74, 6) is 0.676. The molecule has 0 aliphatic rings. The third-order valence-corrected chi connectivity index (χ3v) is 2.29. The summed E-state index contributed by atoms with van der Waals surface area (Å²) in [5, 5.41) is 11.2. The van der Waals surface area contributed by atoms with Gasteiger partial charge in [0.2, 0.25) is 5.91 Å². The number of aryl methyl sites for hydroxylation is 1. The number of hydrogen-bond acceptors (Lipinski definition) is 3. The first-order valence-electron chi connectivity index (χ1n) is 5.24. The number of amides is 1. The SMILES string of the molecule is CC(C)(CCc1ccco1)NC(=O)CC#N. The lowest BCUT2D eigenvalue weighted by Gasteiger charge is -2.25. The van der Waals surface area contributed by atoms with Crippen molar-refractivity contribution in [2.45, 2.75) is 38.6 Å². The first kappa shape index (κ1) is 12.3. The fourth-order valence-corrected chi connectivity index (χ4v) is 1.45. The number of nitrogens with one attached hydrogen (secondary N) is 1. The highest BCUT2D eigenvalue weighted by atomic mass is 16.3. The number of nitriles is 1. The highest BCUT2D eigenvalue weighted by Crippen LogP contribution is 2.14. The molecule has 0 saturated heterocycles. The second-order valence-corrected chi connectivity index (χ2v) is 4.35. The Labute approximate surface area is 95.2 Å². The molecule has 1 rings (SSSR count). The van der Waals surface area contributed by atoms with Gasteiger partial charge in [-0.05, 0) is 32.4 Å². The van der Waals surface area contributed by atoms with Crippen molar-refractivity contribution in [2.75, 3.05) is 0 Å². The van der Waals surface area contributed by atoms with Crippen molar-refractivity contribution in [1.82, 2.24) is 5.32 Å². The van der Waals surface area contributed by atoms with E-state index in [0.717, 1.165) is 18.6 Å². The number of furan rings is 1. The predicted octanol–water partition coefficient (Wildman–Crippen LogP) is 2.02. The summed E-state index contributed by atoms with van der Waals surface area (Å²) in [6.07, 6.45) is 3.09. The number of carbonyl (C=O) groups excluding carboxylic acids is 1. The van der Waals surface area contributed by atoms with Crippen LogP contribution in [0.3, 0.4) is 0 Å². The number of nitrogens with zero attached hydrogens (tertiary/aromatic N) is 1. The van der Waals surface area contributed by atoms with E-state index in [9.17, 15) is 4.79 Å². The van der Waals surface area contributed by atoms with Crippen LogP contribution >= 0.6 is 0 Å². The number of carbonyl (C=O) groups is 1. The largest absolute Gasteiger partial charge is 0.469 e. The van der Waals surface area contributed by atoms with E-state index in [1.807, 2.05) is 32.0 Å². The van der Waals surface area contributed by atoms with Gasteiger partial charge in [0.25, 0.3) is 0 Å². The van der Waals surface area contributed by atoms with Crippen LogP contribution in [0, 0.1) is 11.3 Å². The van der Waals surface area contributed by atoms with Crippen molar-refractivity contribution in [3.63, 3.8) is 0 Å². The molecule has 16 heavy (non-hydrogen) atoms. The van der Waals surface area contributed by atoms with Crippen molar-refractivity contribution in [3.05, 3.63) is 24.2 Å². The van der Waals surface area contributed by atoms with Crippen molar-refractivity contribution in [1.29, 1.82) is 5.26 Å². The molecule has 0 bridgehead atoms. The Hall–Kier alpha value is -1.76. The Morgan fingerprint density at radius 2 is 2.38 bits per heavy atom. The Morgan fingerprint density at radius 3 is 2.94 bits per heavy atom. The molecule has 4 nitrogen and oxygen atoms in total. The van der Waals surface area contributed by atoms with Crippen molar-refractivity contribution >= 4 is 5.91 Å². The minimum atomic E-state index is -0.319. The topological polar surface area (TPSA) is 66.0 Å². The maximum atomic E-state index is 11.3. The highest BCUT2D eigenvalue weighted by Gasteiger charge is 2.20. The lowest BCUT2D eigenvalue weighted by Crippen LogP contribution is -2.43. The van der Waals surface area contributed by atoms with Gasteiger partial charge in [0, 0.05) is 12.0 Å². The standard InChI is InChI=1S/C12H16N2O2/c1-12(2,14-11(15)6-8-13)7-5-10-4-3-9-16-10/h3-4,9H,5-7H2,1-2H3,(H,14,15). The molecule has 0 aliphatic carbocycles. The molecular formula is C12H16N2O2. The normalized spacial score (nSPS) is 10.8. The van der Waals surface area contributed by atoms with E-state index in [-0.39, 0.29) is 17.9 Å². The smallest absolute Gasteiger partial charge is 0.234 e. The lowest BCUT2D eigenvalue weighted by molar-refractivity contribution is -0.121. The minimum absolute atomic E-state index is 0.0931. The van der Waals surface area contributed by atoms with E-state index in [1.165, 1.54) is 0 Å². The molecule has 0 unspecified atom stereocenters. The van der Waals surface area contributed by atoms with Gasteiger partial charge in [-0.1, -0.05) is 0 Å². The van der Waals surface area contributed by atoms with Gasteiger partial charge < -0.3 is 9.73 Å². The van der Waals surface area contributed by atoms with Gasteiger partial charge in [0.15, 0.2) is 0 Å². The molecule has 1 aromatic rings. The van der Waals surface area contributed by atoms with Crippen LogP contribution in [-0.2, 0) is 11.2 Å². The van der Waals surface area contributed by atoms with Crippen LogP contribution in [0.1, 0.15) is 32.4 Å². The van der Waals surface area contributed by atoms with E-state index in [2.05, 4.69) is 5.32 Å². The first-order valence-corrected chi connectivity index (χ1v) is 5.24. The van der Waals surface area contributed by atoms with Gasteiger partial charge in [-0.25, -0.2) is 0 Å². The summed E-state index contributed by atoms with van der Waals surface area (Å²) in [6.45, 7) is 3.87. The zero-order chi connectivity index (χ0) is 12.0. The van der Waals surface area contributed by atoms with Crippen LogP contribution in [0.4, 0.5) is 0 Å². The molecular weight excluding hydrogens is 204 g/mol. The Morgan fingerprint density at radius 1 is 1.62 bits per heavy atom. The second-order valence-electron chi connectivity index (χ2n) is 4.35. The van der Waals surface area contributed by atoms with Crippen molar-refractivity contribution in [3.8, 4) is 6.07 Å². The van der Waals surface area contributed by atoms with Crippen molar-refractivity contribution in [2.24, 2.45) is 0 Å². The molecule has 0 atom stereocenters. The van der Waals surface area contributed by atoms with Crippen LogP contribution in [0.15, 0.2) is 22.8 Å². The third-order valence-electron chi connectivity index (χ3n) is 2.29. The summed E-state index contributed by atoms with van der Waals surface area (Å²) in [7, 11) is 0. The van der Waals surface area contributed by atoms with E-state index in [0.29, 0.717) is 0 Å². The van der Waals surface area contributed by atoms with E-state index < -0.39 is 0 Å². The molecule has 0 aliphatic heterocycles. The zero-order valence-electron chi connectivity index (χ0n) is 9.62. The average Bonchev–Trinajstić information content (AvgIpc) is 2.66. The molecule has 1 heterocycles. The van der Waals surface area contributed by atoms with Crippen LogP contribution in [-0.4, -0.2) is 11.4 Å². The van der Waals surface area contributed by atoms with Crippen LogP contribution in [0.25, 0.3) is 0 Å². The van der Waals surface area contributed by atoms with E-state index in [4.69, 9.17) is 9.68 Å². The van der Waals surface area contributed by atoms with Crippen LogP contribution in [0.2, 0.25) is 0 Å². The number of rotatable bonds is 5. The van der Waals surface area contributed by atoms with E-state index in [1.54, 1.807) is 6.26 Å². The molecule has 0 fully saturated rings. The molecule has 0 saturated carbocycles. The monoisotopic (exact) mass is 220 g/mol. The van der Waals surface area contributed by atoms with Gasteiger partial charge in [0.1, 0.15) is 12.2 Å². The summed E-state index contributed by atoms with van der Waals surface area (Å²) in [6, 6.07) is 5.58. The van der Waals surface area contributed by atoms with Gasteiger partial charge >= 0.3 is 0 Å². The predicted molar refractivity (Wildman–Crippen MR) is 59.5 cm³/mol. The molecule has 1 amide bonds. The Balaban J connectivity index is 2.39. The summed E-state index contributed by atoms with van der Waals surface area (Å²) in [4.78, 5) is 11.3. The molecule has 4 heteroatoms. The first-order chi connectivity index (χ1) is 7.53. The fourth-order valence-electron chi connectivity index (χ4n) is 1.45. The summed E-state index contributed by atoms with van der Waals surface area (Å²) in [5.41, 5.74) is -0.319. The lowest BCUT2D eigenvalue weighted by atomic mass is 9.97. The van der Waals surface area contributed by atoms with Crippen molar-refractivity contribution < 1.29 is 9.21 Å². The average molecular weight is 220 g/mol. The summed E-state index contributed by atoms with van der Waals surface area (Å²) < 4.78 is 5.22. The summed E-state index contributed by atoms with van der Waals surface area (Å²) >= 11 is 0. The molecule has 1 N–H and O–H groups in total. The maximum Gasteiger partial charge on any atom is 0.234 e. The molecule has 0 aromatic carbocycles. The fraction of sp³-hybridized carbons (Fsp3) is 0.500. The van der Waals surface area contributed by atoms with Gasteiger partial charge in [-0.3, -0.25) is 4.79 Å². The number of hydrogen-bond donors (Lipinski definition) is 1. The Bertz CT molecular complexity index is 374. The maximum absolute atomic E-state index is 11.3. The van der Waals surface area contributed by atoms with Gasteiger partial charge in [0.05, 0.1) is 12.3 Å². The molecule has 0 radical (unpaired) electrons. The second kappa shape index (κ2) is 5.36. The zero-order valence-corrected chi connectivity index (χ0v) is 9.62. The quantitative estimate of drug-likeness (QED) is 0.825. The molecule has 86 valence electrons. The van der Waals surface area contributed by atoms with Crippen LogP contribution in [0.5, 0.6) is 0 Å². The highest BCUT2D eigenvalue weighted by molar-refractivity contribution is 5.78. The Kier molecular flexibility index (Phi) is 4.12.